The van der Waals surface area contributed by atoms with Crippen molar-refractivity contribution >= 4 is 22.9 Å². The third-order valence-corrected chi connectivity index (χ3v) is 3.68. The van der Waals surface area contributed by atoms with Gasteiger partial charge in [-0.2, -0.15) is 0 Å². The molecule has 1 aromatic carbocycles. The highest BCUT2D eigenvalue weighted by atomic mass is 19.1. The fourth-order valence-corrected chi connectivity index (χ4v) is 2.55. The van der Waals surface area contributed by atoms with Gasteiger partial charge in [0, 0.05) is 30.4 Å². The molecule has 3 aromatic rings. The van der Waals surface area contributed by atoms with E-state index in [-0.39, 0.29) is 28.1 Å². The van der Waals surface area contributed by atoms with Gasteiger partial charge in [-0.1, -0.05) is 0 Å². The van der Waals surface area contributed by atoms with Crippen LogP contribution in [-0.4, -0.2) is 33.7 Å². The predicted molar refractivity (Wildman–Crippen MR) is 87.8 cm³/mol. The number of hydrogen-bond donors (Lipinski definition) is 2. The van der Waals surface area contributed by atoms with Crippen LogP contribution < -0.4 is 10.1 Å². The lowest BCUT2D eigenvalue weighted by Crippen LogP contribution is -2.18. The maximum absolute atomic E-state index is 14.7. The molecule has 2 heterocycles. The number of nitrogens with one attached hydrogen (secondary N) is 1. The molecule has 3 rings (SSSR count). The summed E-state index contributed by atoms with van der Waals surface area (Å²) in [6, 6.07) is 7.13. The molecular formula is C17H14FN3O4. The van der Waals surface area contributed by atoms with Crippen LogP contribution in [0.4, 0.5) is 9.18 Å². The predicted octanol–water partition coefficient (Wildman–Crippen LogP) is 3.16. The minimum absolute atomic E-state index is 0.0795. The Kier molecular flexibility index (Phi) is 4.10. The molecule has 0 radical (unpaired) electrons. The van der Waals surface area contributed by atoms with Crippen LogP contribution in [0.3, 0.4) is 0 Å². The summed E-state index contributed by atoms with van der Waals surface area (Å²) < 4.78 is 21.2. The van der Waals surface area contributed by atoms with Crippen LogP contribution in [0.2, 0.25) is 0 Å². The average Bonchev–Trinajstić information content (AvgIpc) is 2.94. The summed E-state index contributed by atoms with van der Waals surface area (Å²) in [4.78, 5) is 26.8. The number of rotatable bonds is 3. The second-order valence-corrected chi connectivity index (χ2v) is 5.27. The van der Waals surface area contributed by atoms with E-state index < -0.39 is 17.8 Å². The number of benzene rings is 1. The van der Waals surface area contributed by atoms with Crippen LogP contribution in [0.15, 0.2) is 36.5 Å². The van der Waals surface area contributed by atoms with E-state index in [9.17, 15) is 19.1 Å². The van der Waals surface area contributed by atoms with E-state index in [1.54, 1.807) is 6.92 Å². The van der Waals surface area contributed by atoms with Gasteiger partial charge in [-0.05, 0) is 31.2 Å². The van der Waals surface area contributed by atoms with E-state index in [4.69, 9.17) is 4.74 Å². The van der Waals surface area contributed by atoms with Gasteiger partial charge in [0.2, 0.25) is 0 Å². The van der Waals surface area contributed by atoms with Crippen LogP contribution in [0.1, 0.15) is 16.2 Å². The molecule has 2 N–H and O–H groups in total. The van der Waals surface area contributed by atoms with Gasteiger partial charge in [0.25, 0.3) is 5.91 Å². The number of hydrogen-bond acceptors (Lipinski definition) is 4. The number of fused-ring (bicyclic) bond motifs is 1. The molecule has 0 saturated heterocycles. The minimum atomic E-state index is -1.19. The molecule has 8 heteroatoms. The number of amides is 1. The van der Waals surface area contributed by atoms with E-state index in [0.717, 1.165) is 4.57 Å². The number of ether oxygens (including phenoxy) is 1. The van der Waals surface area contributed by atoms with Gasteiger partial charge in [0.15, 0.2) is 11.6 Å². The van der Waals surface area contributed by atoms with Crippen molar-refractivity contribution in [3.8, 4) is 11.5 Å². The Labute approximate surface area is 141 Å². The van der Waals surface area contributed by atoms with Crippen molar-refractivity contribution < 1.29 is 23.8 Å². The topological polar surface area (TPSA) is 93.5 Å². The molecule has 1 amide bonds. The van der Waals surface area contributed by atoms with Crippen LogP contribution in [0, 0.1) is 12.7 Å². The highest BCUT2D eigenvalue weighted by molar-refractivity contribution is 5.92. The van der Waals surface area contributed by atoms with Crippen molar-refractivity contribution in [3.05, 3.63) is 53.7 Å². The normalized spacial score (nSPS) is 10.7. The Balaban J connectivity index is 2.02. The summed E-state index contributed by atoms with van der Waals surface area (Å²) in [7, 11) is 1.47. The van der Waals surface area contributed by atoms with Gasteiger partial charge in [-0.15, -0.1) is 0 Å². The van der Waals surface area contributed by atoms with Crippen LogP contribution in [0.25, 0.3) is 10.9 Å². The second-order valence-electron chi connectivity index (χ2n) is 5.27. The molecule has 0 unspecified atom stereocenters. The van der Waals surface area contributed by atoms with E-state index in [1.807, 2.05) is 0 Å². The number of aromatic nitrogens is 2. The molecule has 25 heavy (non-hydrogen) atoms. The SMILES string of the molecule is CNC(=O)c1cc(Oc2ccc3c(cc(C)n3C(=O)O)c2F)ccn1. The second kappa shape index (κ2) is 6.23. The molecule has 0 aliphatic carbocycles. The lowest BCUT2D eigenvalue weighted by molar-refractivity contribution is 0.0957. The largest absolute Gasteiger partial charge is 0.464 e. The first kappa shape index (κ1) is 16.4. The molecular weight excluding hydrogens is 329 g/mol. The highest BCUT2D eigenvalue weighted by Crippen LogP contribution is 2.32. The van der Waals surface area contributed by atoms with Crippen molar-refractivity contribution in [2.24, 2.45) is 0 Å². The third kappa shape index (κ3) is 2.89. The molecule has 0 bridgehead atoms. The van der Waals surface area contributed by atoms with Gasteiger partial charge >= 0.3 is 6.09 Å². The summed E-state index contributed by atoms with van der Waals surface area (Å²) in [5, 5.41) is 11.8. The van der Waals surface area contributed by atoms with Gasteiger partial charge < -0.3 is 15.2 Å². The fourth-order valence-electron chi connectivity index (χ4n) is 2.55. The number of carboxylic acid groups (broad SMARTS) is 1. The molecule has 0 atom stereocenters. The maximum atomic E-state index is 14.7. The van der Waals surface area contributed by atoms with Crippen LogP contribution in [0.5, 0.6) is 11.5 Å². The number of carbonyl (C=O) groups is 2. The molecule has 0 aliphatic heterocycles. The molecule has 0 aliphatic rings. The zero-order valence-corrected chi connectivity index (χ0v) is 13.4. The smallest absolute Gasteiger partial charge is 0.416 e. The monoisotopic (exact) mass is 343 g/mol. The average molecular weight is 343 g/mol. The van der Waals surface area contributed by atoms with Crippen LogP contribution >= 0.6 is 0 Å². The maximum Gasteiger partial charge on any atom is 0.416 e. The molecule has 128 valence electrons. The van der Waals surface area contributed by atoms with Crippen molar-refractivity contribution in [1.82, 2.24) is 14.9 Å². The fraction of sp³-hybridized carbons (Fsp3) is 0.118. The Morgan fingerprint density at radius 3 is 2.72 bits per heavy atom. The standard InChI is InChI=1S/C17H14FN3O4/c1-9-7-11-13(21(9)17(23)24)3-4-14(15(11)18)25-10-5-6-20-12(8-10)16(22)19-2/h3-8H,1-2H3,(H,19,22)(H,23,24). The zero-order chi connectivity index (χ0) is 18.1. The van der Waals surface area contributed by atoms with Crippen molar-refractivity contribution in [2.45, 2.75) is 6.92 Å². The quantitative estimate of drug-likeness (QED) is 0.762. The van der Waals surface area contributed by atoms with Crippen molar-refractivity contribution in [3.63, 3.8) is 0 Å². The van der Waals surface area contributed by atoms with E-state index in [0.29, 0.717) is 5.69 Å². The zero-order valence-electron chi connectivity index (χ0n) is 13.4. The Morgan fingerprint density at radius 2 is 2.04 bits per heavy atom. The van der Waals surface area contributed by atoms with Gasteiger partial charge in [0.1, 0.15) is 11.4 Å². The third-order valence-electron chi connectivity index (χ3n) is 3.68. The van der Waals surface area contributed by atoms with E-state index in [1.165, 1.54) is 43.6 Å². The number of aryl methyl sites for hydroxylation is 1. The first-order chi connectivity index (χ1) is 11.9. The number of pyridine rings is 1. The lowest BCUT2D eigenvalue weighted by Gasteiger charge is -2.09. The van der Waals surface area contributed by atoms with Gasteiger partial charge in [-0.3, -0.25) is 9.78 Å². The molecule has 0 fully saturated rings. The van der Waals surface area contributed by atoms with E-state index >= 15 is 0 Å². The van der Waals surface area contributed by atoms with Crippen molar-refractivity contribution in [2.75, 3.05) is 7.05 Å². The van der Waals surface area contributed by atoms with Gasteiger partial charge in [-0.25, -0.2) is 13.8 Å². The lowest BCUT2D eigenvalue weighted by atomic mass is 10.2. The number of halogens is 1. The molecule has 2 aromatic heterocycles. The summed E-state index contributed by atoms with van der Waals surface area (Å²) in [6.07, 6.45) is 0.186. The Hall–Kier alpha value is -3.42. The van der Waals surface area contributed by atoms with Gasteiger partial charge in [0.05, 0.1) is 5.52 Å². The summed E-state index contributed by atoms with van der Waals surface area (Å²) in [5.74, 6) is -0.917. The van der Waals surface area contributed by atoms with Crippen molar-refractivity contribution in [1.29, 1.82) is 0 Å². The molecule has 0 spiro atoms. The molecule has 0 saturated carbocycles. The first-order valence-electron chi connectivity index (χ1n) is 7.32. The highest BCUT2D eigenvalue weighted by Gasteiger charge is 2.18. The number of carbonyl (C=O) groups excluding carboxylic acids is 1. The summed E-state index contributed by atoms with van der Waals surface area (Å²) in [6.45, 7) is 1.58. The minimum Gasteiger partial charge on any atom is -0.464 e. The number of nitrogens with zero attached hydrogens (tertiary/aromatic N) is 2. The van der Waals surface area contributed by atoms with E-state index in [2.05, 4.69) is 10.3 Å². The summed E-state index contributed by atoms with van der Waals surface area (Å²) in [5.41, 5.74) is 0.759. The Morgan fingerprint density at radius 1 is 1.28 bits per heavy atom. The first-order valence-corrected chi connectivity index (χ1v) is 7.32. The van der Waals surface area contributed by atoms with Crippen LogP contribution in [-0.2, 0) is 0 Å². The Bertz CT molecular complexity index is 997. The summed E-state index contributed by atoms with van der Waals surface area (Å²) >= 11 is 0. The molecule has 7 nitrogen and oxygen atoms in total.